The minimum atomic E-state index is -4.35. The minimum absolute atomic E-state index is 0.0373. The highest BCUT2D eigenvalue weighted by Crippen LogP contribution is 2.51. The second-order valence-corrected chi connectivity index (χ2v) is 13.9. The summed E-state index contributed by atoms with van der Waals surface area (Å²) in [6, 6.07) is 22.7. The number of rotatable bonds is 9. The van der Waals surface area contributed by atoms with Crippen molar-refractivity contribution in [3.8, 4) is 11.6 Å². The fourth-order valence-corrected chi connectivity index (χ4v) is 7.82. The number of hydrogen-bond acceptors (Lipinski definition) is 9. The first kappa shape index (κ1) is 31.1. The number of nitrogens with one attached hydrogen (secondary N) is 1. The van der Waals surface area contributed by atoms with Gasteiger partial charge in [0.2, 0.25) is 5.88 Å². The molecular formula is C33H34IN5O5S. The molecule has 1 unspecified atom stereocenters. The maximum atomic E-state index is 15.0. The number of anilines is 3. The van der Waals surface area contributed by atoms with E-state index in [1.807, 2.05) is 37.3 Å². The maximum absolute atomic E-state index is 15.0. The molecule has 3 aromatic carbocycles. The smallest absolute Gasteiger partial charge is 0.276 e. The molecule has 1 aromatic heterocycles. The topological polar surface area (TPSA) is 104 Å². The average molecular weight is 740 g/mol. The van der Waals surface area contributed by atoms with E-state index in [4.69, 9.17) is 9.47 Å². The zero-order valence-electron chi connectivity index (χ0n) is 25.2. The molecule has 0 saturated carbocycles. The summed E-state index contributed by atoms with van der Waals surface area (Å²) < 4.78 is 41.5. The Hall–Kier alpha value is -3.88. The zero-order valence-corrected chi connectivity index (χ0v) is 28.2. The Morgan fingerprint density at radius 3 is 2.33 bits per heavy atom. The van der Waals surface area contributed by atoms with Crippen LogP contribution < -0.4 is 24.0 Å². The van der Waals surface area contributed by atoms with Crippen molar-refractivity contribution in [1.82, 2.24) is 9.88 Å². The quantitative estimate of drug-likeness (QED) is 0.240. The Morgan fingerprint density at radius 1 is 0.956 bits per heavy atom. The molecule has 2 aliphatic heterocycles. The van der Waals surface area contributed by atoms with Gasteiger partial charge in [-0.05, 0) is 115 Å². The van der Waals surface area contributed by atoms with Crippen LogP contribution in [-0.2, 0) is 20.4 Å². The molecule has 1 atom stereocenters. The molecule has 6 rings (SSSR count). The number of aromatic nitrogens is 1. The molecule has 0 radical (unpaired) electrons. The molecule has 1 saturated heterocycles. The molecule has 3 heterocycles. The van der Waals surface area contributed by atoms with Gasteiger partial charge < -0.3 is 24.6 Å². The summed E-state index contributed by atoms with van der Waals surface area (Å²) in [5.41, 5.74) is 1.19. The van der Waals surface area contributed by atoms with E-state index >= 15 is 4.79 Å². The number of amides is 1. The highest BCUT2D eigenvalue weighted by atomic mass is 127. The number of hydrogen-bond donors (Lipinski definition) is 1. The molecule has 1 amide bonds. The fraction of sp³-hybridized carbons (Fsp3) is 0.273. The van der Waals surface area contributed by atoms with Crippen molar-refractivity contribution < 1.29 is 22.7 Å². The van der Waals surface area contributed by atoms with Crippen LogP contribution in [-0.4, -0.2) is 71.2 Å². The predicted octanol–water partition coefficient (Wildman–Crippen LogP) is 4.94. The van der Waals surface area contributed by atoms with Crippen molar-refractivity contribution in [1.29, 1.82) is 0 Å². The van der Waals surface area contributed by atoms with Gasteiger partial charge in [0.05, 0.1) is 29.9 Å². The van der Waals surface area contributed by atoms with Crippen molar-refractivity contribution in [2.75, 3.05) is 61.5 Å². The van der Waals surface area contributed by atoms with E-state index in [2.05, 4.69) is 49.7 Å². The van der Waals surface area contributed by atoms with Crippen LogP contribution in [0.25, 0.3) is 0 Å². The van der Waals surface area contributed by atoms with Crippen molar-refractivity contribution in [3.63, 3.8) is 0 Å². The number of nitrogens with zero attached hydrogens (tertiary/aromatic N) is 4. The lowest BCUT2D eigenvalue weighted by Crippen LogP contribution is -2.49. The lowest BCUT2D eigenvalue weighted by molar-refractivity contribution is -0.120. The van der Waals surface area contributed by atoms with E-state index in [9.17, 15) is 8.42 Å². The lowest BCUT2D eigenvalue weighted by atomic mass is 9.83. The standard InChI is InChI=1S/C33H34IN5O5S/c1-4-44-31-28(6-5-17-35-31)33(36-24-8-10-25(11-9-24)38-20-18-37(2)19-21-38)29-22-23(34)7-16-30(29)39(32(33)40)45(41,42)27-14-12-26(43-3)13-15-27/h5-17,22,36H,4,18-21H2,1-3H3. The molecule has 2 aliphatic rings. The van der Waals surface area contributed by atoms with E-state index in [-0.39, 0.29) is 16.5 Å². The summed E-state index contributed by atoms with van der Waals surface area (Å²) in [6.07, 6.45) is 1.59. The number of carbonyl (C=O) groups is 1. The number of methoxy groups -OCH3 is 1. The molecule has 45 heavy (non-hydrogen) atoms. The van der Waals surface area contributed by atoms with Crippen LogP contribution >= 0.6 is 22.6 Å². The third-order valence-electron chi connectivity index (χ3n) is 8.21. The number of fused-ring (bicyclic) bond motifs is 1. The van der Waals surface area contributed by atoms with Crippen LogP contribution in [0, 0.1) is 3.57 Å². The van der Waals surface area contributed by atoms with Gasteiger partial charge >= 0.3 is 0 Å². The highest BCUT2D eigenvalue weighted by molar-refractivity contribution is 14.1. The monoisotopic (exact) mass is 739 g/mol. The second kappa shape index (κ2) is 12.5. The lowest BCUT2D eigenvalue weighted by Gasteiger charge is -2.34. The number of piperazine rings is 1. The first-order valence-electron chi connectivity index (χ1n) is 14.6. The second-order valence-electron chi connectivity index (χ2n) is 10.9. The first-order chi connectivity index (χ1) is 21.7. The summed E-state index contributed by atoms with van der Waals surface area (Å²) in [7, 11) is -0.721. The van der Waals surface area contributed by atoms with Crippen molar-refractivity contribution >= 4 is 55.6 Å². The largest absolute Gasteiger partial charge is 0.497 e. The van der Waals surface area contributed by atoms with E-state index in [0.717, 1.165) is 39.7 Å². The van der Waals surface area contributed by atoms with Gasteiger partial charge in [0.15, 0.2) is 5.54 Å². The van der Waals surface area contributed by atoms with Crippen molar-refractivity contribution in [2.45, 2.75) is 17.4 Å². The highest BCUT2D eigenvalue weighted by Gasteiger charge is 2.58. The molecule has 4 aromatic rings. The van der Waals surface area contributed by atoms with E-state index < -0.39 is 21.5 Å². The number of pyridine rings is 1. The SMILES string of the molecule is CCOc1ncccc1C1(Nc2ccc(N3CCN(C)CC3)cc2)C(=O)N(S(=O)(=O)c2ccc(OC)cc2)c2ccc(I)cc21. The summed E-state index contributed by atoms with van der Waals surface area (Å²) in [6.45, 7) is 5.94. The summed E-state index contributed by atoms with van der Waals surface area (Å²) in [5, 5.41) is 3.49. The third-order valence-corrected chi connectivity index (χ3v) is 10.6. The van der Waals surface area contributed by atoms with Crippen LogP contribution in [0.5, 0.6) is 11.6 Å². The summed E-state index contributed by atoms with van der Waals surface area (Å²) in [5.74, 6) is 0.0558. The molecule has 12 heteroatoms. The zero-order chi connectivity index (χ0) is 31.8. The van der Waals surface area contributed by atoms with Gasteiger partial charge in [-0.2, -0.15) is 4.31 Å². The number of benzene rings is 3. The Bertz CT molecular complexity index is 1810. The van der Waals surface area contributed by atoms with Crippen LogP contribution in [0.3, 0.4) is 0 Å². The van der Waals surface area contributed by atoms with E-state index in [0.29, 0.717) is 29.2 Å². The number of ether oxygens (including phenoxy) is 2. The first-order valence-corrected chi connectivity index (χ1v) is 17.1. The van der Waals surface area contributed by atoms with Crippen molar-refractivity contribution in [2.24, 2.45) is 0 Å². The minimum Gasteiger partial charge on any atom is -0.497 e. The van der Waals surface area contributed by atoms with Gasteiger partial charge in [0.25, 0.3) is 15.9 Å². The fourth-order valence-electron chi connectivity index (χ4n) is 5.87. The van der Waals surface area contributed by atoms with Gasteiger partial charge in [-0.3, -0.25) is 4.79 Å². The van der Waals surface area contributed by atoms with Crippen LogP contribution in [0.4, 0.5) is 17.1 Å². The normalized spacial score (nSPS) is 18.5. The molecule has 1 fully saturated rings. The van der Waals surface area contributed by atoms with E-state index in [1.165, 1.54) is 19.2 Å². The molecule has 0 bridgehead atoms. The Balaban J connectivity index is 1.51. The molecular weight excluding hydrogens is 705 g/mol. The Kier molecular flexibility index (Phi) is 8.63. The number of halogens is 1. The van der Waals surface area contributed by atoms with Gasteiger partial charge in [-0.1, -0.05) is 0 Å². The van der Waals surface area contributed by atoms with Gasteiger partial charge in [0.1, 0.15) is 5.75 Å². The molecule has 234 valence electrons. The third kappa shape index (κ3) is 5.59. The summed E-state index contributed by atoms with van der Waals surface area (Å²) in [4.78, 5) is 24.1. The van der Waals surface area contributed by atoms with Crippen LogP contribution in [0.2, 0.25) is 0 Å². The maximum Gasteiger partial charge on any atom is 0.276 e. The van der Waals surface area contributed by atoms with Crippen LogP contribution in [0.1, 0.15) is 18.1 Å². The number of carbonyl (C=O) groups excluding carboxylic acids is 1. The number of likely N-dealkylation sites (N-methyl/N-ethyl adjacent to an activating group) is 1. The Morgan fingerprint density at radius 2 is 1.67 bits per heavy atom. The summed E-state index contributed by atoms with van der Waals surface area (Å²) >= 11 is 2.17. The molecule has 0 spiro atoms. The molecule has 10 nitrogen and oxygen atoms in total. The van der Waals surface area contributed by atoms with Crippen molar-refractivity contribution in [3.05, 3.63) is 99.8 Å². The van der Waals surface area contributed by atoms with Crippen LogP contribution in [0.15, 0.2) is 90.0 Å². The van der Waals surface area contributed by atoms with Gasteiger partial charge in [0, 0.05) is 52.9 Å². The molecule has 0 aliphatic carbocycles. The number of sulfonamides is 1. The van der Waals surface area contributed by atoms with E-state index in [1.54, 1.807) is 42.6 Å². The van der Waals surface area contributed by atoms with Gasteiger partial charge in [-0.25, -0.2) is 13.4 Å². The Labute approximate surface area is 277 Å². The predicted molar refractivity (Wildman–Crippen MR) is 183 cm³/mol. The average Bonchev–Trinajstić information content (AvgIpc) is 3.30. The van der Waals surface area contributed by atoms with Gasteiger partial charge in [-0.15, -0.1) is 0 Å². The molecule has 1 N–H and O–H groups in total.